The summed E-state index contributed by atoms with van der Waals surface area (Å²) in [5, 5.41) is 7.61. The first-order valence-electron chi connectivity index (χ1n) is 7.39. The van der Waals surface area contributed by atoms with E-state index in [1.165, 1.54) is 22.4 Å². The maximum Gasteiger partial charge on any atom is 0.228 e. The number of aryl methyl sites for hydroxylation is 2. The molecular weight excluding hydrogens is 282 g/mol. The Morgan fingerprint density at radius 1 is 1.29 bits per heavy atom. The molecule has 0 aliphatic carbocycles. The van der Waals surface area contributed by atoms with Crippen LogP contribution in [0.5, 0.6) is 0 Å². The van der Waals surface area contributed by atoms with Crippen molar-refractivity contribution >= 4 is 11.8 Å². The standard InChI is InChI=1S/C16H21N3OS/c1-11-5-12(2)7-13(6-11)8-15-18-16(20-19-15)9-14-10-21-4-3-17-14/h5-7,14,17H,3-4,8-10H2,1-2H3. The zero-order valence-electron chi connectivity index (χ0n) is 12.6. The molecule has 21 heavy (non-hydrogen) atoms. The molecule has 3 rings (SSSR count). The molecule has 0 saturated carbocycles. The predicted molar refractivity (Wildman–Crippen MR) is 85.8 cm³/mol. The molecular formula is C16H21N3OS. The Morgan fingerprint density at radius 3 is 2.81 bits per heavy atom. The van der Waals surface area contributed by atoms with Gasteiger partial charge in [0.15, 0.2) is 5.82 Å². The molecule has 1 aromatic heterocycles. The molecule has 1 atom stereocenters. The van der Waals surface area contributed by atoms with Crippen molar-refractivity contribution in [3.63, 3.8) is 0 Å². The first kappa shape index (κ1) is 14.6. The van der Waals surface area contributed by atoms with Gasteiger partial charge in [-0.25, -0.2) is 0 Å². The lowest BCUT2D eigenvalue weighted by Crippen LogP contribution is -2.38. The van der Waals surface area contributed by atoms with Crippen molar-refractivity contribution in [2.75, 3.05) is 18.1 Å². The van der Waals surface area contributed by atoms with Crippen LogP contribution in [0, 0.1) is 13.8 Å². The fourth-order valence-corrected chi connectivity index (χ4v) is 3.71. The zero-order chi connectivity index (χ0) is 14.7. The number of thioether (sulfide) groups is 1. The molecule has 2 aromatic rings. The molecule has 2 heterocycles. The van der Waals surface area contributed by atoms with Crippen LogP contribution in [0.2, 0.25) is 0 Å². The summed E-state index contributed by atoms with van der Waals surface area (Å²) in [5.41, 5.74) is 3.79. The van der Waals surface area contributed by atoms with Gasteiger partial charge in [-0.15, -0.1) is 0 Å². The number of aromatic nitrogens is 2. The summed E-state index contributed by atoms with van der Waals surface area (Å²) in [6.45, 7) is 5.30. The van der Waals surface area contributed by atoms with Crippen LogP contribution in [0.25, 0.3) is 0 Å². The molecule has 1 saturated heterocycles. The topological polar surface area (TPSA) is 51.0 Å². The molecule has 112 valence electrons. The smallest absolute Gasteiger partial charge is 0.228 e. The molecule has 0 radical (unpaired) electrons. The van der Waals surface area contributed by atoms with E-state index in [1.54, 1.807) is 0 Å². The van der Waals surface area contributed by atoms with Gasteiger partial charge in [0, 0.05) is 36.9 Å². The van der Waals surface area contributed by atoms with Gasteiger partial charge >= 0.3 is 0 Å². The summed E-state index contributed by atoms with van der Waals surface area (Å²) in [5.74, 6) is 3.83. The van der Waals surface area contributed by atoms with Crippen molar-refractivity contribution in [1.82, 2.24) is 15.5 Å². The minimum absolute atomic E-state index is 0.457. The van der Waals surface area contributed by atoms with Crippen LogP contribution in [0.15, 0.2) is 22.7 Å². The Labute approximate surface area is 129 Å². The van der Waals surface area contributed by atoms with Gasteiger partial charge < -0.3 is 9.84 Å². The molecule has 1 unspecified atom stereocenters. The molecule has 0 spiro atoms. The first-order chi connectivity index (χ1) is 10.2. The Bertz CT molecular complexity index is 585. The number of hydrogen-bond donors (Lipinski definition) is 1. The SMILES string of the molecule is Cc1cc(C)cc(Cc2noc(CC3CSCCN3)n2)c1. The minimum Gasteiger partial charge on any atom is -0.339 e. The van der Waals surface area contributed by atoms with Crippen molar-refractivity contribution in [2.45, 2.75) is 32.7 Å². The third kappa shape index (κ3) is 4.08. The van der Waals surface area contributed by atoms with Crippen LogP contribution in [-0.4, -0.2) is 34.2 Å². The third-order valence-corrected chi connectivity index (χ3v) is 4.70. The molecule has 0 amide bonds. The van der Waals surface area contributed by atoms with Crippen LogP contribution in [0.4, 0.5) is 0 Å². The van der Waals surface area contributed by atoms with Crippen LogP contribution in [0.1, 0.15) is 28.4 Å². The van der Waals surface area contributed by atoms with Crippen LogP contribution < -0.4 is 5.32 Å². The lowest BCUT2D eigenvalue weighted by molar-refractivity contribution is 0.359. The molecule has 1 fully saturated rings. The maximum absolute atomic E-state index is 5.39. The number of nitrogens with zero attached hydrogens (tertiary/aromatic N) is 2. The number of nitrogens with one attached hydrogen (secondary N) is 1. The lowest BCUT2D eigenvalue weighted by atomic mass is 10.1. The van der Waals surface area contributed by atoms with Crippen molar-refractivity contribution in [3.8, 4) is 0 Å². The largest absolute Gasteiger partial charge is 0.339 e. The summed E-state index contributed by atoms with van der Waals surface area (Å²) in [6, 6.07) is 7.00. The second kappa shape index (κ2) is 6.62. The summed E-state index contributed by atoms with van der Waals surface area (Å²) in [6.07, 6.45) is 1.56. The summed E-state index contributed by atoms with van der Waals surface area (Å²) >= 11 is 1.98. The van der Waals surface area contributed by atoms with E-state index in [-0.39, 0.29) is 0 Å². The Hall–Kier alpha value is -1.33. The predicted octanol–water partition coefficient (Wildman–Crippen LogP) is 2.52. The summed E-state index contributed by atoms with van der Waals surface area (Å²) < 4.78 is 5.39. The maximum atomic E-state index is 5.39. The average molecular weight is 303 g/mol. The van der Waals surface area contributed by atoms with Gasteiger partial charge in [0.1, 0.15) is 0 Å². The summed E-state index contributed by atoms with van der Waals surface area (Å²) in [4.78, 5) is 4.53. The average Bonchev–Trinajstić information content (AvgIpc) is 2.86. The monoisotopic (exact) mass is 303 g/mol. The van der Waals surface area contributed by atoms with E-state index < -0.39 is 0 Å². The van der Waals surface area contributed by atoms with Crippen molar-refractivity contribution in [3.05, 3.63) is 46.6 Å². The first-order valence-corrected chi connectivity index (χ1v) is 8.54. The molecule has 0 bridgehead atoms. The van der Waals surface area contributed by atoms with E-state index in [4.69, 9.17) is 4.52 Å². The van der Waals surface area contributed by atoms with Crippen molar-refractivity contribution in [1.29, 1.82) is 0 Å². The van der Waals surface area contributed by atoms with Gasteiger partial charge in [-0.05, 0) is 19.4 Å². The second-order valence-electron chi connectivity index (χ2n) is 5.71. The van der Waals surface area contributed by atoms with Gasteiger partial charge in [-0.1, -0.05) is 34.5 Å². The highest BCUT2D eigenvalue weighted by Gasteiger charge is 2.17. The van der Waals surface area contributed by atoms with Gasteiger partial charge in [0.2, 0.25) is 5.89 Å². The van der Waals surface area contributed by atoms with E-state index >= 15 is 0 Å². The van der Waals surface area contributed by atoms with E-state index in [1.807, 2.05) is 11.8 Å². The normalized spacial score (nSPS) is 18.9. The number of benzene rings is 1. The van der Waals surface area contributed by atoms with Crippen LogP contribution in [0.3, 0.4) is 0 Å². The highest BCUT2D eigenvalue weighted by atomic mass is 32.2. The van der Waals surface area contributed by atoms with Gasteiger partial charge in [0.05, 0.1) is 0 Å². The fraction of sp³-hybridized carbons (Fsp3) is 0.500. The second-order valence-corrected chi connectivity index (χ2v) is 6.86. The van der Waals surface area contributed by atoms with Gasteiger partial charge in [0.25, 0.3) is 0 Å². The van der Waals surface area contributed by atoms with Crippen LogP contribution in [-0.2, 0) is 12.8 Å². The highest BCUT2D eigenvalue weighted by molar-refractivity contribution is 7.99. The Morgan fingerprint density at radius 2 is 2.10 bits per heavy atom. The van der Waals surface area contributed by atoms with Crippen molar-refractivity contribution in [2.24, 2.45) is 0 Å². The number of rotatable bonds is 4. The Balaban J connectivity index is 1.64. The quantitative estimate of drug-likeness (QED) is 0.940. The zero-order valence-corrected chi connectivity index (χ0v) is 13.4. The van der Waals surface area contributed by atoms with Gasteiger partial charge in [-0.3, -0.25) is 0 Å². The molecule has 1 aliphatic rings. The Kier molecular flexibility index (Phi) is 4.60. The van der Waals surface area contributed by atoms with Gasteiger partial charge in [-0.2, -0.15) is 16.7 Å². The van der Waals surface area contributed by atoms with E-state index in [0.29, 0.717) is 6.04 Å². The summed E-state index contributed by atoms with van der Waals surface area (Å²) in [7, 11) is 0. The van der Waals surface area contributed by atoms with E-state index in [2.05, 4.69) is 47.5 Å². The number of hydrogen-bond acceptors (Lipinski definition) is 5. The molecule has 1 aromatic carbocycles. The molecule has 5 heteroatoms. The molecule has 1 N–H and O–H groups in total. The van der Waals surface area contributed by atoms with E-state index in [9.17, 15) is 0 Å². The fourth-order valence-electron chi connectivity index (χ4n) is 2.76. The lowest BCUT2D eigenvalue weighted by Gasteiger charge is -2.21. The highest BCUT2D eigenvalue weighted by Crippen LogP contribution is 2.14. The molecule has 4 nitrogen and oxygen atoms in total. The minimum atomic E-state index is 0.457. The van der Waals surface area contributed by atoms with Crippen molar-refractivity contribution < 1.29 is 4.52 Å². The third-order valence-electron chi connectivity index (χ3n) is 3.57. The van der Waals surface area contributed by atoms with Crippen LogP contribution >= 0.6 is 11.8 Å². The molecule has 1 aliphatic heterocycles. The van der Waals surface area contributed by atoms with E-state index in [0.717, 1.165) is 36.9 Å².